The Hall–Kier alpha value is -0.410. The molecule has 0 spiro atoms. The molecule has 1 aliphatic carbocycles. The number of guanidine groups is 1. The summed E-state index contributed by atoms with van der Waals surface area (Å²) in [5.41, 5.74) is 0. The monoisotopic (exact) mass is 479 g/mol. The molecule has 0 radical (unpaired) electrons. The molecule has 5 nitrogen and oxygen atoms in total. The van der Waals surface area contributed by atoms with E-state index in [1.165, 1.54) is 22.7 Å². The fourth-order valence-corrected chi connectivity index (χ4v) is 3.66. The van der Waals surface area contributed by atoms with Crippen molar-refractivity contribution in [1.29, 1.82) is 0 Å². The number of aromatic nitrogens is 1. The molecule has 7 heteroatoms. The lowest BCUT2D eigenvalue weighted by molar-refractivity contribution is 0.218. The van der Waals surface area contributed by atoms with Gasteiger partial charge in [0.1, 0.15) is 0 Å². The maximum atomic E-state index is 4.73. The summed E-state index contributed by atoms with van der Waals surface area (Å²) in [5, 5.41) is 7.97. The second-order valence-electron chi connectivity index (χ2n) is 6.57. The highest BCUT2D eigenvalue weighted by Gasteiger charge is 2.29. The minimum atomic E-state index is 0. The van der Waals surface area contributed by atoms with Crippen molar-refractivity contribution in [3.63, 3.8) is 0 Å². The predicted molar refractivity (Wildman–Crippen MR) is 119 cm³/mol. The van der Waals surface area contributed by atoms with Crippen LogP contribution in [0.1, 0.15) is 50.4 Å². The molecule has 1 heterocycles. The van der Waals surface area contributed by atoms with Gasteiger partial charge in [-0.3, -0.25) is 9.89 Å². The Bertz CT molecular complexity index is 511. The van der Waals surface area contributed by atoms with Crippen LogP contribution in [0.3, 0.4) is 0 Å². The van der Waals surface area contributed by atoms with Gasteiger partial charge in [-0.2, -0.15) is 0 Å². The van der Waals surface area contributed by atoms with E-state index in [0.717, 1.165) is 51.0 Å². The summed E-state index contributed by atoms with van der Waals surface area (Å²) in [6, 6.07) is 1.41. The van der Waals surface area contributed by atoms with E-state index in [1.54, 1.807) is 0 Å². The highest BCUT2D eigenvalue weighted by atomic mass is 127. The van der Waals surface area contributed by atoms with Crippen LogP contribution in [0.15, 0.2) is 11.2 Å². The average Bonchev–Trinajstić information content (AvgIpc) is 3.29. The summed E-state index contributed by atoms with van der Waals surface area (Å²) in [6.45, 7) is 12.5. The number of aryl methyl sites for hydroxylation is 1. The minimum absolute atomic E-state index is 0. The third-order valence-corrected chi connectivity index (χ3v) is 5.43. The van der Waals surface area contributed by atoms with Crippen LogP contribution in [-0.4, -0.2) is 54.1 Å². The Morgan fingerprint density at radius 2 is 2.12 bits per heavy atom. The van der Waals surface area contributed by atoms with Gasteiger partial charge < -0.3 is 10.6 Å². The van der Waals surface area contributed by atoms with Crippen molar-refractivity contribution in [3.8, 4) is 0 Å². The number of nitrogens with one attached hydrogen (secondary N) is 2. The number of hydrogen-bond donors (Lipinski definition) is 2. The van der Waals surface area contributed by atoms with Gasteiger partial charge in [-0.15, -0.1) is 35.3 Å². The molecular weight excluding hydrogens is 445 g/mol. The second kappa shape index (κ2) is 12.1. The zero-order chi connectivity index (χ0) is 17.4. The van der Waals surface area contributed by atoms with Crippen molar-refractivity contribution in [1.82, 2.24) is 20.5 Å². The van der Waals surface area contributed by atoms with Crippen molar-refractivity contribution in [2.24, 2.45) is 4.99 Å². The summed E-state index contributed by atoms with van der Waals surface area (Å²) < 4.78 is 0. The zero-order valence-corrected chi connectivity index (χ0v) is 19.2. The number of halogens is 1. The Labute approximate surface area is 174 Å². The van der Waals surface area contributed by atoms with Crippen LogP contribution in [0.4, 0.5) is 0 Å². The maximum Gasteiger partial charge on any atom is 0.191 e. The highest BCUT2D eigenvalue weighted by Crippen LogP contribution is 2.28. The molecule has 1 fully saturated rings. The van der Waals surface area contributed by atoms with E-state index in [9.17, 15) is 0 Å². The smallest absolute Gasteiger partial charge is 0.191 e. The van der Waals surface area contributed by atoms with E-state index in [2.05, 4.69) is 48.2 Å². The quantitative estimate of drug-likeness (QED) is 0.307. The van der Waals surface area contributed by atoms with Crippen LogP contribution in [0.25, 0.3) is 0 Å². The van der Waals surface area contributed by atoms with E-state index >= 15 is 0 Å². The molecule has 25 heavy (non-hydrogen) atoms. The van der Waals surface area contributed by atoms with Crippen LogP contribution in [0, 0.1) is 0 Å². The molecule has 144 valence electrons. The first-order valence-electron chi connectivity index (χ1n) is 9.35. The molecule has 0 bridgehead atoms. The molecule has 0 atom stereocenters. The lowest BCUT2D eigenvalue weighted by Crippen LogP contribution is -2.40. The summed E-state index contributed by atoms with van der Waals surface area (Å²) in [7, 11) is 0. The third-order valence-electron chi connectivity index (χ3n) is 4.23. The van der Waals surface area contributed by atoms with E-state index in [-0.39, 0.29) is 24.0 Å². The fraction of sp³-hybridized carbons (Fsp3) is 0.778. The number of rotatable bonds is 10. The van der Waals surface area contributed by atoms with Crippen LogP contribution in [-0.2, 0) is 12.8 Å². The predicted octanol–water partition coefficient (Wildman–Crippen LogP) is 3.29. The second-order valence-corrected chi connectivity index (χ2v) is 7.77. The van der Waals surface area contributed by atoms with Gasteiger partial charge in [0.15, 0.2) is 5.96 Å². The Morgan fingerprint density at radius 1 is 1.36 bits per heavy atom. The first-order chi connectivity index (χ1) is 11.6. The molecule has 0 unspecified atom stereocenters. The molecule has 0 saturated heterocycles. The van der Waals surface area contributed by atoms with Crippen molar-refractivity contribution in [2.75, 3.05) is 26.2 Å². The van der Waals surface area contributed by atoms with Gasteiger partial charge in [0.05, 0.1) is 11.6 Å². The fourth-order valence-electron chi connectivity index (χ4n) is 2.80. The molecule has 0 aromatic carbocycles. The maximum absolute atomic E-state index is 4.73. The van der Waals surface area contributed by atoms with Crippen molar-refractivity contribution in [3.05, 3.63) is 16.1 Å². The van der Waals surface area contributed by atoms with Gasteiger partial charge in [-0.25, -0.2) is 4.98 Å². The molecule has 1 aromatic heterocycles. The molecule has 0 amide bonds. The summed E-state index contributed by atoms with van der Waals surface area (Å²) in [4.78, 5) is 13.1. The molecule has 2 N–H and O–H groups in total. The van der Waals surface area contributed by atoms with Crippen molar-refractivity contribution >= 4 is 41.3 Å². The molecule has 2 rings (SSSR count). The van der Waals surface area contributed by atoms with Gasteiger partial charge >= 0.3 is 0 Å². The molecule has 1 aromatic rings. The third kappa shape index (κ3) is 8.21. The Kier molecular flexibility index (Phi) is 10.9. The Morgan fingerprint density at radius 3 is 2.68 bits per heavy atom. The van der Waals surface area contributed by atoms with Crippen LogP contribution < -0.4 is 10.6 Å². The average molecular weight is 479 g/mol. The largest absolute Gasteiger partial charge is 0.357 e. The normalized spacial score (nSPS) is 14.7. The number of thiazole rings is 1. The topological polar surface area (TPSA) is 52.6 Å². The van der Waals surface area contributed by atoms with E-state index in [1.807, 2.05) is 17.5 Å². The molecule has 0 aliphatic heterocycles. The lowest BCUT2D eigenvalue weighted by atomic mass is 10.3. The van der Waals surface area contributed by atoms with Crippen LogP contribution >= 0.6 is 35.3 Å². The van der Waals surface area contributed by atoms with Gasteiger partial charge in [-0.1, -0.05) is 6.92 Å². The first-order valence-corrected chi connectivity index (χ1v) is 10.2. The van der Waals surface area contributed by atoms with E-state index in [0.29, 0.717) is 6.04 Å². The van der Waals surface area contributed by atoms with Gasteiger partial charge in [0.2, 0.25) is 0 Å². The zero-order valence-electron chi connectivity index (χ0n) is 16.0. The summed E-state index contributed by atoms with van der Waals surface area (Å²) >= 11 is 1.81. The van der Waals surface area contributed by atoms with Crippen molar-refractivity contribution < 1.29 is 0 Å². The van der Waals surface area contributed by atoms with Gasteiger partial charge in [0, 0.05) is 49.2 Å². The van der Waals surface area contributed by atoms with Crippen LogP contribution in [0.2, 0.25) is 0 Å². The minimum Gasteiger partial charge on any atom is -0.357 e. The van der Waals surface area contributed by atoms with Gasteiger partial charge in [0.25, 0.3) is 0 Å². The SMILES string of the molecule is CCNC(=NCCN(C(C)C)C1CC1)NCCc1ncc(CC)s1.I. The summed E-state index contributed by atoms with van der Waals surface area (Å²) in [5.74, 6) is 0.921. The van der Waals surface area contributed by atoms with Gasteiger partial charge in [-0.05, 0) is 40.0 Å². The van der Waals surface area contributed by atoms with Crippen molar-refractivity contribution in [2.45, 2.75) is 65.5 Å². The number of nitrogens with zero attached hydrogens (tertiary/aromatic N) is 3. The molecule has 1 saturated carbocycles. The Balaban J connectivity index is 0.00000312. The lowest BCUT2D eigenvalue weighted by Gasteiger charge is -2.25. The standard InChI is InChI=1S/C18H33N5S.HI/c1-5-16-13-22-17(24-16)9-10-20-18(19-6-2)21-11-12-23(14(3)4)15-7-8-15;/h13-15H,5-12H2,1-4H3,(H2,19,20,21);1H. The van der Waals surface area contributed by atoms with Crippen LogP contribution in [0.5, 0.6) is 0 Å². The number of aliphatic imine (C=N–C) groups is 1. The number of hydrogen-bond acceptors (Lipinski definition) is 4. The molecular formula is C18H34IN5S. The van der Waals surface area contributed by atoms with E-state index in [4.69, 9.17) is 4.99 Å². The van der Waals surface area contributed by atoms with E-state index < -0.39 is 0 Å². The molecule has 1 aliphatic rings. The summed E-state index contributed by atoms with van der Waals surface area (Å²) in [6.07, 6.45) is 6.73. The first kappa shape index (κ1) is 22.6. The highest BCUT2D eigenvalue weighted by molar-refractivity contribution is 14.0.